The highest BCUT2D eigenvalue weighted by Crippen LogP contribution is 2.46. The van der Waals surface area contributed by atoms with Gasteiger partial charge in [0.2, 0.25) is 5.78 Å². The van der Waals surface area contributed by atoms with Crippen molar-refractivity contribution in [1.29, 1.82) is 0 Å². The molecule has 0 amide bonds. The molecule has 4 aromatic carbocycles. The number of nitrogens with zero attached hydrogens (tertiary/aromatic N) is 4. The van der Waals surface area contributed by atoms with Crippen molar-refractivity contribution in [3.05, 3.63) is 137 Å². The van der Waals surface area contributed by atoms with Gasteiger partial charge in [0, 0.05) is 16.7 Å². The molecule has 0 radical (unpaired) electrons. The third kappa shape index (κ3) is 3.84. The second-order valence-electron chi connectivity index (χ2n) is 8.00. The Morgan fingerprint density at radius 2 is 1.34 bits per heavy atom. The van der Waals surface area contributed by atoms with Crippen molar-refractivity contribution in [3.63, 3.8) is 0 Å². The molecule has 1 aliphatic rings. The van der Waals surface area contributed by atoms with Crippen LogP contribution in [0, 0.1) is 0 Å². The van der Waals surface area contributed by atoms with Crippen LogP contribution in [0.25, 0.3) is 22.4 Å². The van der Waals surface area contributed by atoms with Crippen LogP contribution < -0.4 is 4.90 Å². The summed E-state index contributed by atoms with van der Waals surface area (Å²) in [4.78, 5) is 16.2. The Morgan fingerprint density at radius 3 is 2.09 bits per heavy atom. The molecular formula is C29H20N4OS. The zero-order chi connectivity index (χ0) is 23.6. The van der Waals surface area contributed by atoms with Gasteiger partial charge in [-0.15, -0.1) is 5.10 Å². The van der Waals surface area contributed by atoms with Crippen LogP contribution in [0.5, 0.6) is 0 Å². The van der Waals surface area contributed by atoms with E-state index < -0.39 is 0 Å². The summed E-state index contributed by atoms with van der Waals surface area (Å²) in [5, 5.41) is 11.7. The van der Waals surface area contributed by atoms with Gasteiger partial charge in [-0.3, -0.25) is 4.79 Å². The highest BCUT2D eigenvalue weighted by Gasteiger charge is 2.32. The zero-order valence-electron chi connectivity index (χ0n) is 18.7. The normalized spacial score (nSPS) is 14.7. The average molecular weight is 473 g/mol. The van der Waals surface area contributed by atoms with E-state index in [-0.39, 0.29) is 5.78 Å². The number of anilines is 1. The number of hydrogen-bond acceptors (Lipinski definition) is 5. The number of hydrogen-bond donors (Lipinski definition) is 0. The molecule has 0 saturated carbocycles. The quantitative estimate of drug-likeness (QED) is 0.211. The van der Waals surface area contributed by atoms with Gasteiger partial charge in [0.25, 0.3) is 0 Å². The monoisotopic (exact) mass is 472 g/mol. The highest BCUT2D eigenvalue weighted by atomic mass is 32.2. The van der Waals surface area contributed by atoms with E-state index in [2.05, 4.69) is 32.8 Å². The van der Waals surface area contributed by atoms with Gasteiger partial charge in [0.05, 0.1) is 11.2 Å². The lowest BCUT2D eigenvalue weighted by atomic mass is 10.1. The zero-order valence-corrected chi connectivity index (χ0v) is 19.5. The Morgan fingerprint density at radius 1 is 0.714 bits per heavy atom. The molecule has 1 aromatic heterocycles. The van der Waals surface area contributed by atoms with Crippen LogP contribution in [0.1, 0.15) is 15.9 Å². The molecule has 0 spiro atoms. The minimum absolute atomic E-state index is 0.118. The minimum atomic E-state index is -0.118. The topological polar surface area (TPSA) is 51.0 Å². The van der Waals surface area contributed by atoms with Crippen LogP contribution in [0.2, 0.25) is 0 Å². The standard InChI is InChI=1S/C29H20N4OS/c34-28(22-14-6-2-7-15-22)27(33-25-19-11-10-18-24(25)30-31-33)29-32(23-16-8-3-9-17-23)26(20-35-29)21-12-4-1-5-13-21/h1-20H/b29-27-. The Labute approximate surface area is 207 Å². The first-order valence-corrected chi connectivity index (χ1v) is 12.1. The molecule has 0 unspecified atom stereocenters. The van der Waals surface area contributed by atoms with E-state index in [0.717, 1.165) is 33.0 Å². The molecule has 5 nitrogen and oxygen atoms in total. The maximum absolute atomic E-state index is 14.1. The van der Waals surface area contributed by atoms with Crippen molar-refractivity contribution in [2.45, 2.75) is 0 Å². The first-order chi connectivity index (χ1) is 17.3. The van der Waals surface area contributed by atoms with Crippen LogP contribution in [-0.4, -0.2) is 20.8 Å². The summed E-state index contributed by atoms with van der Waals surface area (Å²) in [6.45, 7) is 0. The third-order valence-corrected chi connectivity index (χ3v) is 6.77. The van der Waals surface area contributed by atoms with Gasteiger partial charge in [0.1, 0.15) is 16.2 Å². The number of aromatic nitrogens is 3. The number of para-hydroxylation sites is 2. The Balaban J connectivity index is 1.62. The van der Waals surface area contributed by atoms with E-state index in [1.165, 1.54) is 11.8 Å². The summed E-state index contributed by atoms with van der Waals surface area (Å²) < 4.78 is 1.67. The number of fused-ring (bicyclic) bond motifs is 1. The summed E-state index contributed by atoms with van der Waals surface area (Å²) in [6.07, 6.45) is 0. The van der Waals surface area contributed by atoms with Crippen LogP contribution in [-0.2, 0) is 0 Å². The summed E-state index contributed by atoms with van der Waals surface area (Å²) in [5.74, 6) is -0.118. The summed E-state index contributed by atoms with van der Waals surface area (Å²) in [5.41, 5.74) is 5.59. The van der Waals surface area contributed by atoms with Crippen molar-refractivity contribution in [2.75, 3.05) is 4.90 Å². The molecule has 6 heteroatoms. The lowest BCUT2D eigenvalue weighted by molar-refractivity contribution is 0.105. The molecule has 6 rings (SSSR count). The highest BCUT2D eigenvalue weighted by molar-refractivity contribution is 8.06. The second-order valence-corrected chi connectivity index (χ2v) is 8.85. The van der Waals surface area contributed by atoms with Crippen molar-refractivity contribution in [1.82, 2.24) is 15.0 Å². The molecule has 0 saturated heterocycles. The molecular weight excluding hydrogens is 452 g/mol. The van der Waals surface area contributed by atoms with E-state index in [0.29, 0.717) is 11.3 Å². The van der Waals surface area contributed by atoms with Gasteiger partial charge in [-0.1, -0.05) is 108 Å². The maximum atomic E-state index is 14.1. The largest absolute Gasteiger partial charge is 0.302 e. The van der Waals surface area contributed by atoms with Crippen molar-refractivity contribution >= 4 is 45.7 Å². The van der Waals surface area contributed by atoms with Crippen molar-refractivity contribution < 1.29 is 4.79 Å². The van der Waals surface area contributed by atoms with E-state index >= 15 is 0 Å². The molecule has 0 fully saturated rings. The SMILES string of the molecule is O=C(/C(=C1/SC=C(c2ccccc2)N1c1ccccc1)n1nnc2ccccc21)c1ccccc1. The Bertz CT molecular complexity index is 1570. The van der Waals surface area contributed by atoms with Gasteiger partial charge in [-0.05, 0) is 29.8 Å². The number of Topliss-reactive ketones (excluding diaryl/α,β-unsaturated/α-hetero) is 1. The first kappa shape index (κ1) is 21.1. The molecule has 0 aliphatic carbocycles. The molecule has 1 aliphatic heterocycles. The predicted octanol–water partition coefficient (Wildman–Crippen LogP) is 6.69. The van der Waals surface area contributed by atoms with Crippen molar-refractivity contribution in [3.8, 4) is 0 Å². The molecule has 2 heterocycles. The number of thioether (sulfide) groups is 1. The molecule has 168 valence electrons. The molecule has 0 atom stereocenters. The van der Waals surface area contributed by atoms with Crippen LogP contribution >= 0.6 is 11.8 Å². The maximum Gasteiger partial charge on any atom is 0.214 e. The number of carbonyl (C=O) groups is 1. The van der Waals surface area contributed by atoms with E-state index in [4.69, 9.17) is 0 Å². The minimum Gasteiger partial charge on any atom is -0.302 e. The summed E-state index contributed by atoms with van der Waals surface area (Å²) in [6, 6.07) is 37.3. The average Bonchev–Trinajstić information content (AvgIpc) is 3.56. The smallest absolute Gasteiger partial charge is 0.214 e. The van der Waals surface area contributed by atoms with Crippen LogP contribution in [0.4, 0.5) is 5.69 Å². The summed E-state index contributed by atoms with van der Waals surface area (Å²) in [7, 11) is 0. The van der Waals surface area contributed by atoms with Gasteiger partial charge < -0.3 is 4.90 Å². The summed E-state index contributed by atoms with van der Waals surface area (Å²) >= 11 is 1.52. The van der Waals surface area contributed by atoms with Gasteiger partial charge >= 0.3 is 0 Å². The number of ketones is 1. The second kappa shape index (κ2) is 9.08. The van der Waals surface area contributed by atoms with Gasteiger partial charge in [-0.2, -0.15) is 0 Å². The van der Waals surface area contributed by atoms with Gasteiger partial charge in [0.15, 0.2) is 0 Å². The molecule has 0 N–H and O–H groups in total. The third-order valence-electron chi connectivity index (χ3n) is 5.83. The fraction of sp³-hybridized carbons (Fsp3) is 0. The Kier molecular flexibility index (Phi) is 5.48. The molecule has 0 bridgehead atoms. The molecule has 35 heavy (non-hydrogen) atoms. The van der Waals surface area contributed by atoms with E-state index in [1.54, 1.807) is 4.68 Å². The molecule has 5 aromatic rings. The fourth-order valence-corrected chi connectivity index (χ4v) is 5.24. The lowest BCUT2D eigenvalue weighted by Crippen LogP contribution is -2.22. The number of rotatable bonds is 5. The lowest BCUT2D eigenvalue weighted by Gasteiger charge is -2.26. The van der Waals surface area contributed by atoms with E-state index in [1.807, 2.05) is 103 Å². The van der Waals surface area contributed by atoms with Crippen LogP contribution in [0.15, 0.2) is 126 Å². The number of allylic oxidation sites excluding steroid dienone is 1. The first-order valence-electron chi connectivity index (χ1n) is 11.2. The fourth-order valence-electron chi connectivity index (χ4n) is 4.17. The van der Waals surface area contributed by atoms with Crippen LogP contribution in [0.3, 0.4) is 0 Å². The van der Waals surface area contributed by atoms with Crippen molar-refractivity contribution in [2.24, 2.45) is 0 Å². The van der Waals surface area contributed by atoms with E-state index in [9.17, 15) is 4.79 Å². The number of carbonyl (C=O) groups excluding carboxylic acids is 1. The number of benzene rings is 4. The van der Waals surface area contributed by atoms with Gasteiger partial charge in [-0.25, -0.2) is 4.68 Å². The predicted molar refractivity (Wildman–Crippen MR) is 142 cm³/mol. The Hall–Kier alpha value is -4.42.